The van der Waals surface area contributed by atoms with Crippen molar-refractivity contribution in [3.05, 3.63) is 29.6 Å². The Kier molecular flexibility index (Phi) is 5.27. The molecule has 3 fully saturated rings. The van der Waals surface area contributed by atoms with Gasteiger partial charge in [0.15, 0.2) is 0 Å². The summed E-state index contributed by atoms with van der Waals surface area (Å²) < 4.78 is 31.4. The van der Waals surface area contributed by atoms with Crippen LogP contribution in [0, 0.1) is 11.7 Å². The Morgan fingerprint density at radius 2 is 2.04 bits per heavy atom. The van der Waals surface area contributed by atoms with Crippen LogP contribution in [0.3, 0.4) is 0 Å². The van der Waals surface area contributed by atoms with Crippen molar-refractivity contribution in [3.63, 3.8) is 0 Å². The van der Waals surface area contributed by atoms with Crippen LogP contribution in [0.15, 0.2) is 18.2 Å². The zero-order valence-corrected chi connectivity index (χ0v) is 15.8. The van der Waals surface area contributed by atoms with E-state index >= 15 is 0 Å². The van der Waals surface area contributed by atoms with Crippen LogP contribution in [-0.4, -0.2) is 47.3 Å². The number of rotatable bonds is 5. The molecule has 2 saturated heterocycles. The Balaban J connectivity index is 1.38. The first-order valence-electron chi connectivity index (χ1n) is 9.41. The molecule has 1 atom stereocenters. The number of anilines is 1. The Bertz CT molecular complexity index is 734. The molecular formula is C19H23FN2O4S. The van der Waals surface area contributed by atoms with E-state index in [1.807, 2.05) is 0 Å². The molecule has 0 spiro atoms. The number of benzene rings is 1. The van der Waals surface area contributed by atoms with Crippen LogP contribution in [0.5, 0.6) is 0 Å². The molecule has 1 saturated carbocycles. The molecule has 1 aromatic rings. The number of carbonyl (C=O) groups excluding carboxylic acids is 2. The second-order valence-corrected chi connectivity index (χ2v) is 9.16. The summed E-state index contributed by atoms with van der Waals surface area (Å²) in [6.45, 7) is 0.558. The fourth-order valence-electron chi connectivity index (χ4n) is 3.66. The predicted molar refractivity (Wildman–Crippen MR) is 99.6 cm³/mol. The summed E-state index contributed by atoms with van der Waals surface area (Å²) in [5.41, 5.74) is 1.08. The lowest BCUT2D eigenvalue weighted by molar-refractivity contribution is -0.122. The first-order chi connectivity index (χ1) is 13.0. The number of nitrogens with zero attached hydrogens (tertiary/aromatic N) is 1. The molecule has 0 bridgehead atoms. The smallest absolute Gasteiger partial charge is 0.414 e. The lowest BCUT2D eigenvalue weighted by Crippen LogP contribution is -2.35. The summed E-state index contributed by atoms with van der Waals surface area (Å²) in [6.07, 6.45) is 2.32. The number of carbonyl (C=O) groups is 2. The van der Waals surface area contributed by atoms with Gasteiger partial charge in [0, 0.05) is 5.92 Å². The number of halogens is 1. The second kappa shape index (κ2) is 7.67. The van der Waals surface area contributed by atoms with Crippen molar-refractivity contribution in [1.82, 2.24) is 5.32 Å². The van der Waals surface area contributed by atoms with E-state index in [9.17, 15) is 18.5 Å². The van der Waals surface area contributed by atoms with E-state index in [4.69, 9.17) is 4.74 Å². The Hall–Kier alpha value is -1.80. The predicted octanol–water partition coefficient (Wildman–Crippen LogP) is 2.30. The van der Waals surface area contributed by atoms with E-state index in [0.717, 1.165) is 25.7 Å². The molecule has 0 aromatic heterocycles. The van der Waals surface area contributed by atoms with Crippen molar-refractivity contribution in [1.29, 1.82) is 0 Å². The first kappa shape index (κ1) is 18.6. The van der Waals surface area contributed by atoms with Crippen LogP contribution in [0.2, 0.25) is 0 Å². The van der Waals surface area contributed by atoms with Crippen LogP contribution in [0.25, 0.3) is 0 Å². The zero-order valence-electron chi connectivity index (χ0n) is 15.0. The molecule has 6 nitrogen and oxygen atoms in total. The summed E-state index contributed by atoms with van der Waals surface area (Å²) in [7, 11) is 0. The van der Waals surface area contributed by atoms with Gasteiger partial charge in [0.1, 0.15) is 23.4 Å². The van der Waals surface area contributed by atoms with E-state index in [0.29, 0.717) is 22.8 Å². The fourth-order valence-corrected chi connectivity index (χ4v) is 4.96. The van der Waals surface area contributed by atoms with Gasteiger partial charge in [-0.2, -0.15) is 0 Å². The topological polar surface area (TPSA) is 81.7 Å². The van der Waals surface area contributed by atoms with Crippen molar-refractivity contribution in [2.75, 3.05) is 29.5 Å². The summed E-state index contributed by atoms with van der Waals surface area (Å²) in [4.78, 5) is 25.3. The van der Waals surface area contributed by atoms with Gasteiger partial charge in [0.25, 0.3) is 0 Å². The van der Waals surface area contributed by atoms with Gasteiger partial charge in [0.2, 0.25) is 5.91 Å². The standard InChI is InChI=1S/C19H23FN2O4S/c20-17-9-14(3-4-16(17)12-5-7-27(25)8-6-12)22-11-15(26-19(22)24)10-21-18(23)13-1-2-13/h3-4,9,12-13,15H,1-2,5-8,10-11H2,(H,21,23)/t12-,15-,27+/m0/s1. The molecule has 2 aliphatic heterocycles. The number of ether oxygens (including phenoxy) is 1. The van der Waals surface area contributed by atoms with Crippen molar-refractivity contribution in [3.8, 4) is 0 Å². The number of cyclic esters (lactones) is 1. The molecule has 1 aliphatic carbocycles. The van der Waals surface area contributed by atoms with Gasteiger partial charge in [-0.1, -0.05) is 17.2 Å². The molecule has 0 radical (unpaired) electrons. The molecule has 146 valence electrons. The second-order valence-electron chi connectivity index (χ2n) is 7.46. The Labute approximate surface area is 160 Å². The normalized spacial score (nSPS) is 28.1. The highest BCUT2D eigenvalue weighted by molar-refractivity contribution is 7.91. The highest BCUT2D eigenvalue weighted by Gasteiger charge is 2.35. The van der Waals surface area contributed by atoms with Crippen molar-refractivity contribution in [2.24, 2.45) is 5.92 Å². The summed E-state index contributed by atoms with van der Waals surface area (Å²) in [5.74, 6) is 1.07. The number of hydrogen-bond acceptors (Lipinski definition) is 4. The first-order valence-corrected chi connectivity index (χ1v) is 10.9. The average molecular weight is 394 g/mol. The minimum absolute atomic E-state index is 0.00769. The van der Waals surface area contributed by atoms with Gasteiger partial charge in [-0.05, 0) is 49.3 Å². The van der Waals surface area contributed by atoms with Gasteiger partial charge in [-0.15, -0.1) is 0 Å². The zero-order chi connectivity index (χ0) is 19.0. The van der Waals surface area contributed by atoms with Crippen LogP contribution in [0.1, 0.15) is 37.2 Å². The molecule has 4 rings (SSSR count). The maximum absolute atomic E-state index is 14.6. The van der Waals surface area contributed by atoms with Crippen LogP contribution < -0.4 is 10.2 Å². The third-order valence-electron chi connectivity index (χ3n) is 5.45. The molecule has 2 amide bonds. The van der Waals surface area contributed by atoms with Crippen LogP contribution >= 0.6 is 0 Å². The molecule has 27 heavy (non-hydrogen) atoms. The van der Waals surface area contributed by atoms with Crippen molar-refractivity contribution in [2.45, 2.75) is 37.7 Å². The summed E-state index contributed by atoms with van der Waals surface area (Å²) in [5, 5.41) is 2.80. The quantitative estimate of drug-likeness (QED) is 0.777. The maximum atomic E-state index is 14.6. The van der Waals surface area contributed by atoms with Gasteiger partial charge in [0.05, 0.1) is 18.8 Å². The third-order valence-corrected chi connectivity index (χ3v) is 6.83. The van der Waals surface area contributed by atoms with Gasteiger partial charge in [-0.25, -0.2) is 9.18 Å². The van der Waals surface area contributed by atoms with E-state index < -0.39 is 23.4 Å². The van der Waals surface area contributed by atoms with E-state index in [1.165, 1.54) is 11.0 Å². The molecule has 1 N–H and O–H groups in total. The maximum Gasteiger partial charge on any atom is 0.414 e. The fraction of sp³-hybridized carbons (Fsp3) is 0.579. The van der Waals surface area contributed by atoms with Crippen molar-refractivity contribution >= 4 is 28.9 Å². The third kappa shape index (κ3) is 4.21. The Morgan fingerprint density at radius 3 is 2.70 bits per heavy atom. The Morgan fingerprint density at radius 1 is 1.30 bits per heavy atom. The lowest BCUT2D eigenvalue weighted by Gasteiger charge is -2.25. The largest absolute Gasteiger partial charge is 0.616 e. The van der Waals surface area contributed by atoms with Crippen molar-refractivity contribution < 1.29 is 23.3 Å². The SMILES string of the molecule is O=C(NC[C@H]1CN(c2ccc([C@H]3CC[S@@+]([O-])CC3)c(F)c2)C(=O)O1)C1CC1. The van der Waals surface area contributed by atoms with Gasteiger partial charge >= 0.3 is 6.09 Å². The number of amides is 2. The van der Waals surface area contributed by atoms with E-state index in [-0.39, 0.29) is 36.6 Å². The highest BCUT2D eigenvalue weighted by atomic mass is 32.2. The van der Waals surface area contributed by atoms with Gasteiger partial charge < -0.3 is 14.6 Å². The molecule has 8 heteroatoms. The molecule has 0 unspecified atom stereocenters. The van der Waals surface area contributed by atoms with Crippen LogP contribution in [0.4, 0.5) is 14.9 Å². The summed E-state index contributed by atoms with van der Waals surface area (Å²) in [6, 6.07) is 4.82. The number of hydrogen-bond donors (Lipinski definition) is 1. The minimum atomic E-state index is -0.783. The number of nitrogens with one attached hydrogen (secondary N) is 1. The molecule has 1 aromatic carbocycles. The highest BCUT2D eigenvalue weighted by Crippen LogP contribution is 2.33. The van der Waals surface area contributed by atoms with E-state index in [1.54, 1.807) is 12.1 Å². The molecular weight excluding hydrogens is 371 g/mol. The van der Waals surface area contributed by atoms with Crippen LogP contribution in [-0.2, 0) is 20.7 Å². The summed E-state index contributed by atoms with van der Waals surface area (Å²) >= 11 is -0.783. The molecule has 3 aliphatic rings. The van der Waals surface area contributed by atoms with Gasteiger partial charge in [-0.3, -0.25) is 9.69 Å². The minimum Gasteiger partial charge on any atom is -0.616 e. The molecule has 2 heterocycles. The monoisotopic (exact) mass is 394 g/mol. The van der Waals surface area contributed by atoms with E-state index in [2.05, 4.69) is 5.32 Å². The lowest BCUT2D eigenvalue weighted by atomic mass is 9.93. The average Bonchev–Trinajstić information content (AvgIpc) is 3.44.